The van der Waals surface area contributed by atoms with Gasteiger partial charge in [-0.2, -0.15) is 5.10 Å². The Hall–Kier alpha value is -2.89. The van der Waals surface area contributed by atoms with Gasteiger partial charge >= 0.3 is 0 Å². The summed E-state index contributed by atoms with van der Waals surface area (Å²) in [6, 6.07) is 5.87. The van der Waals surface area contributed by atoms with Gasteiger partial charge in [0.05, 0.1) is 13.3 Å². The topological polar surface area (TPSA) is 72.8 Å². The Bertz CT molecular complexity index is 922. The Labute approximate surface area is 127 Å². The van der Waals surface area contributed by atoms with Gasteiger partial charge in [-0.3, -0.25) is 9.48 Å². The first-order valence-electron chi connectivity index (χ1n) is 6.83. The first kappa shape index (κ1) is 14.1. The van der Waals surface area contributed by atoms with Crippen LogP contribution in [-0.4, -0.2) is 26.9 Å². The highest BCUT2D eigenvalue weighted by Crippen LogP contribution is 2.19. The molecular formula is C16H16N4O2. The number of aryl methyl sites for hydroxylation is 2. The number of aromatic amines is 1. The molecule has 0 saturated carbocycles. The molecule has 0 aliphatic carbocycles. The van der Waals surface area contributed by atoms with E-state index in [-0.39, 0.29) is 5.56 Å². The summed E-state index contributed by atoms with van der Waals surface area (Å²) in [5, 5.41) is 4.53. The van der Waals surface area contributed by atoms with E-state index in [1.54, 1.807) is 24.9 Å². The maximum atomic E-state index is 12.0. The highest BCUT2D eigenvalue weighted by molar-refractivity contribution is 5.75. The third kappa shape index (κ3) is 2.50. The molecule has 6 nitrogen and oxygen atoms in total. The SMILES string of the molecule is COc1ccc(/C=C/c2nc3c(cnn3C)c(=O)[nH]2)cc1C. The fourth-order valence-electron chi connectivity index (χ4n) is 2.31. The van der Waals surface area contributed by atoms with Crippen LogP contribution < -0.4 is 10.3 Å². The van der Waals surface area contributed by atoms with Gasteiger partial charge in [0.15, 0.2) is 5.65 Å². The first-order chi connectivity index (χ1) is 10.6. The molecule has 1 aromatic carbocycles. The van der Waals surface area contributed by atoms with Crippen LogP contribution in [0.2, 0.25) is 0 Å². The van der Waals surface area contributed by atoms with E-state index >= 15 is 0 Å². The van der Waals surface area contributed by atoms with E-state index in [1.165, 1.54) is 6.20 Å². The van der Waals surface area contributed by atoms with Crippen molar-refractivity contribution in [2.24, 2.45) is 7.05 Å². The zero-order valence-corrected chi connectivity index (χ0v) is 12.6. The second-order valence-electron chi connectivity index (χ2n) is 5.02. The molecule has 2 heterocycles. The average molecular weight is 296 g/mol. The second kappa shape index (κ2) is 5.48. The summed E-state index contributed by atoms with van der Waals surface area (Å²) in [5.41, 5.74) is 2.43. The monoisotopic (exact) mass is 296 g/mol. The molecular weight excluding hydrogens is 280 g/mol. The van der Waals surface area contributed by atoms with Crippen LogP contribution in [0.4, 0.5) is 0 Å². The molecule has 112 valence electrons. The zero-order chi connectivity index (χ0) is 15.7. The number of rotatable bonds is 3. The summed E-state index contributed by atoms with van der Waals surface area (Å²) in [7, 11) is 3.41. The van der Waals surface area contributed by atoms with Crippen LogP contribution in [0.15, 0.2) is 29.2 Å². The van der Waals surface area contributed by atoms with E-state index in [0.29, 0.717) is 16.9 Å². The number of ether oxygens (including phenoxy) is 1. The minimum absolute atomic E-state index is 0.191. The van der Waals surface area contributed by atoms with Gasteiger partial charge in [-0.1, -0.05) is 12.1 Å². The van der Waals surface area contributed by atoms with Crippen LogP contribution in [0.25, 0.3) is 23.2 Å². The van der Waals surface area contributed by atoms with Gasteiger partial charge in [0.2, 0.25) is 0 Å². The molecule has 0 saturated heterocycles. The van der Waals surface area contributed by atoms with Crippen molar-refractivity contribution >= 4 is 23.2 Å². The van der Waals surface area contributed by atoms with Gasteiger partial charge in [-0.25, -0.2) is 4.98 Å². The smallest absolute Gasteiger partial charge is 0.262 e. The summed E-state index contributed by atoms with van der Waals surface area (Å²) in [6.07, 6.45) is 5.18. The minimum atomic E-state index is -0.191. The number of nitrogens with zero attached hydrogens (tertiary/aromatic N) is 3. The van der Waals surface area contributed by atoms with E-state index in [1.807, 2.05) is 31.2 Å². The lowest BCUT2D eigenvalue weighted by Gasteiger charge is -2.04. The molecule has 0 radical (unpaired) electrons. The van der Waals surface area contributed by atoms with Crippen molar-refractivity contribution in [3.05, 3.63) is 51.7 Å². The molecule has 6 heteroatoms. The van der Waals surface area contributed by atoms with Crippen LogP contribution in [0, 0.1) is 6.92 Å². The lowest BCUT2D eigenvalue weighted by Crippen LogP contribution is -2.09. The highest BCUT2D eigenvalue weighted by atomic mass is 16.5. The molecule has 3 aromatic rings. The number of hydrogen-bond donors (Lipinski definition) is 1. The summed E-state index contributed by atoms with van der Waals surface area (Å²) in [4.78, 5) is 19.1. The van der Waals surface area contributed by atoms with E-state index in [2.05, 4.69) is 15.1 Å². The Kier molecular flexibility index (Phi) is 3.50. The highest BCUT2D eigenvalue weighted by Gasteiger charge is 2.06. The molecule has 3 rings (SSSR count). The van der Waals surface area contributed by atoms with Gasteiger partial charge in [0.1, 0.15) is 17.0 Å². The quantitative estimate of drug-likeness (QED) is 0.803. The minimum Gasteiger partial charge on any atom is -0.496 e. The number of aromatic nitrogens is 4. The average Bonchev–Trinajstić information content (AvgIpc) is 2.87. The molecule has 0 fully saturated rings. The van der Waals surface area contributed by atoms with E-state index < -0.39 is 0 Å². The Morgan fingerprint density at radius 3 is 2.86 bits per heavy atom. The predicted octanol–water partition coefficient (Wildman–Crippen LogP) is 2.14. The maximum absolute atomic E-state index is 12.0. The molecule has 0 bridgehead atoms. The molecule has 0 aliphatic rings. The molecule has 0 aliphatic heterocycles. The number of fused-ring (bicyclic) bond motifs is 1. The number of hydrogen-bond acceptors (Lipinski definition) is 4. The van der Waals surface area contributed by atoms with Crippen molar-refractivity contribution in [1.82, 2.24) is 19.7 Å². The third-order valence-electron chi connectivity index (χ3n) is 3.47. The van der Waals surface area contributed by atoms with Crippen LogP contribution in [0.1, 0.15) is 17.0 Å². The summed E-state index contributed by atoms with van der Waals surface area (Å²) in [6.45, 7) is 1.98. The van der Waals surface area contributed by atoms with E-state index in [4.69, 9.17) is 4.74 Å². The van der Waals surface area contributed by atoms with Crippen LogP contribution in [-0.2, 0) is 7.05 Å². The summed E-state index contributed by atoms with van der Waals surface area (Å²) in [5.74, 6) is 1.34. The molecule has 1 N–H and O–H groups in total. The van der Waals surface area contributed by atoms with Gasteiger partial charge in [-0.05, 0) is 36.3 Å². The summed E-state index contributed by atoms with van der Waals surface area (Å²) < 4.78 is 6.82. The van der Waals surface area contributed by atoms with E-state index in [0.717, 1.165) is 16.9 Å². The second-order valence-corrected chi connectivity index (χ2v) is 5.02. The molecule has 0 amide bonds. The first-order valence-corrected chi connectivity index (χ1v) is 6.83. The predicted molar refractivity (Wildman–Crippen MR) is 85.8 cm³/mol. The van der Waals surface area contributed by atoms with E-state index in [9.17, 15) is 4.79 Å². The Morgan fingerprint density at radius 2 is 2.14 bits per heavy atom. The Balaban J connectivity index is 1.97. The molecule has 0 unspecified atom stereocenters. The maximum Gasteiger partial charge on any atom is 0.262 e. The molecule has 0 spiro atoms. The zero-order valence-electron chi connectivity index (χ0n) is 12.6. The fourth-order valence-corrected chi connectivity index (χ4v) is 2.31. The van der Waals surface area contributed by atoms with Gasteiger partial charge in [0.25, 0.3) is 5.56 Å². The van der Waals surface area contributed by atoms with Crippen molar-refractivity contribution in [1.29, 1.82) is 0 Å². The lowest BCUT2D eigenvalue weighted by molar-refractivity contribution is 0.411. The molecule has 2 aromatic heterocycles. The van der Waals surface area contributed by atoms with Crippen molar-refractivity contribution in [2.45, 2.75) is 6.92 Å². The largest absolute Gasteiger partial charge is 0.496 e. The van der Waals surface area contributed by atoms with Gasteiger partial charge in [-0.15, -0.1) is 0 Å². The van der Waals surface area contributed by atoms with Crippen molar-refractivity contribution < 1.29 is 4.74 Å². The van der Waals surface area contributed by atoms with Crippen molar-refractivity contribution in [3.63, 3.8) is 0 Å². The number of benzene rings is 1. The van der Waals surface area contributed by atoms with Crippen molar-refractivity contribution in [2.75, 3.05) is 7.11 Å². The van der Waals surface area contributed by atoms with Gasteiger partial charge in [0, 0.05) is 7.05 Å². The summed E-state index contributed by atoms with van der Waals surface area (Å²) >= 11 is 0. The normalized spacial score (nSPS) is 11.4. The number of nitrogens with one attached hydrogen (secondary N) is 1. The Morgan fingerprint density at radius 1 is 1.32 bits per heavy atom. The number of H-pyrrole nitrogens is 1. The van der Waals surface area contributed by atoms with Gasteiger partial charge < -0.3 is 9.72 Å². The van der Waals surface area contributed by atoms with Crippen LogP contribution >= 0.6 is 0 Å². The van der Waals surface area contributed by atoms with Crippen molar-refractivity contribution in [3.8, 4) is 5.75 Å². The molecule has 22 heavy (non-hydrogen) atoms. The number of methoxy groups -OCH3 is 1. The van der Waals surface area contributed by atoms with Crippen LogP contribution in [0.5, 0.6) is 5.75 Å². The van der Waals surface area contributed by atoms with Crippen LogP contribution in [0.3, 0.4) is 0 Å². The third-order valence-corrected chi connectivity index (χ3v) is 3.47. The standard InChI is InChI=1S/C16H16N4O2/c1-10-8-11(4-6-13(10)22-3)5-7-14-18-15-12(16(21)19-14)9-17-20(15)2/h4-9H,1-3H3,(H,18,19,21)/b7-5+. The molecule has 0 atom stereocenters. The fraction of sp³-hybridized carbons (Fsp3) is 0.188. The lowest BCUT2D eigenvalue weighted by atomic mass is 10.1.